The number of hydrogen-bond acceptors (Lipinski definition) is 3. The summed E-state index contributed by atoms with van der Waals surface area (Å²) in [6, 6.07) is 1.85. The molecule has 1 aliphatic rings. The third kappa shape index (κ3) is 2.96. The van der Waals surface area contributed by atoms with Crippen molar-refractivity contribution in [3.05, 3.63) is 18.5 Å². The lowest BCUT2D eigenvalue weighted by molar-refractivity contribution is 0.0532. The number of nitrogens with one attached hydrogen (secondary N) is 1. The van der Waals surface area contributed by atoms with Gasteiger partial charge in [-0.1, -0.05) is 0 Å². The molecular formula is C10H16N4O2. The maximum absolute atomic E-state index is 11.7. The molecule has 1 fully saturated rings. The molecule has 0 aliphatic carbocycles. The van der Waals surface area contributed by atoms with Crippen molar-refractivity contribution < 1.29 is 9.53 Å². The molecule has 1 saturated heterocycles. The van der Waals surface area contributed by atoms with Crippen LogP contribution in [0.1, 0.15) is 0 Å². The fraction of sp³-hybridized carbons (Fsp3) is 0.600. The average Bonchev–Trinajstić information content (AvgIpc) is 2.83. The maximum Gasteiger partial charge on any atom is 0.317 e. The predicted molar refractivity (Wildman–Crippen MR) is 58.0 cm³/mol. The molecule has 1 N–H and O–H groups in total. The largest absolute Gasteiger partial charge is 0.378 e. The van der Waals surface area contributed by atoms with Crippen LogP contribution in [0.2, 0.25) is 0 Å². The molecule has 1 aliphatic heterocycles. The van der Waals surface area contributed by atoms with E-state index in [1.54, 1.807) is 15.8 Å². The van der Waals surface area contributed by atoms with Crippen molar-refractivity contribution in [3.63, 3.8) is 0 Å². The minimum atomic E-state index is -0.0181. The molecule has 0 spiro atoms. The molecule has 0 atom stereocenters. The summed E-state index contributed by atoms with van der Waals surface area (Å²) in [7, 11) is 0. The van der Waals surface area contributed by atoms with Crippen molar-refractivity contribution in [2.75, 3.05) is 32.8 Å². The van der Waals surface area contributed by atoms with Gasteiger partial charge in [-0.25, -0.2) is 4.79 Å². The first-order chi connectivity index (χ1) is 7.86. The summed E-state index contributed by atoms with van der Waals surface area (Å²) in [5, 5.41) is 6.92. The summed E-state index contributed by atoms with van der Waals surface area (Å²) in [5.41, 5.74) is 0. The van der Waals surface area contributed by atoms with Gasteiger partial charge in [-0.15, -0.1) is 0 Å². The van der Waals surface area contributed by atoms with E-state index >= 15 is 0 Å². The number of urea groups is 1. The molecule has 2 rings (SSSR count). The molecule has 0 saturated carbocycles. The van der Waals surface area contributed by atoms with Crippen LogP contribution < -0.4 is 5.32 Å². The number of carbonyl (C=O) groups excluding carboxylic acids is 1. The molecule has 2 amide bonds. The summed E-state index contributed by atoms with van der Waals surface area (Å²) >= 11 is 0. The zero-order valence-corrected chi connectivity index (χ0v) is 9.13. The predicted octanol–water partition coefficient (Wildman–Crippen LogP) is -0.0751. The second-order valence-corrected chi connectivity index (χ2v) is 3.60. The molecule has 0 bridgehead atoms. The lowest BCUT2D eigenvalue weighted by Crippen LogP contribution is -2.46. The third-order valence-corrected chi connectivity index (χ3v) is 2.47. The van der Waals surface area contributed by atoms with Crippen LogP contribution in [0.3, 0.4) is 0 Å². The van der Waals surface area contributed by atoms with Gasteiger partial charge in [-0.05, 0) is 6.07 Å². The van der Waals surface area contributed by atoms with Crippen molar-refractivity contribution in [1.29, 1.82) is 0 Å². The van der Waals surface area contributed by atoms with Crippen LogP contribution in [-0.2, 0) is 11.3 Å². The number of amides is 2. The molecule has 0 unspecified atom stereocenters. The number of hydrogen-bond donors (Lipinski definition) is 1. The second-order valence-electron chi connectivity index (χ2n) is 3.60. The first-order valence-corrected chi connectivity index (χ1v) is 5.44. The highest BCUT2D eigenvalue weighted by Crippen LogP contribution is 1.96. The van der Waals surface area contributed by atoms with Crippen LogP contribution >= 0.6 is 0 Å². The number of rotatable bonds is 3. The summed E-state index contributed by atoms with van der Waals surface area (Å²) in [4.78, 5) is 13.4. The van der Waals surface area contributed by atoms with Gasteiger partial charge in [-0.3, -0.25) is 4.68 Å². The Morgan fingerprint density at radius 2 is 2.25 bits per heavy atom. The van der Waals surface area contributed by atoms with E-state index in [1.165, 1.54) is 0 Å². The summed E-state index contributed by atoms with van der Waals surface area (Å²) in [5.74, 6) is 0. The maximum atomic E-state index is 11.7. The van der Waals surface area contributed by atoms with Crippen LogP contribution in [0.15, 0.2) is 18.5 Å². The molecule has 1 aromatic rings. The van der Waals surface area contributed by atoms with E-state index < -0.39 is 0 Å². The Morgan fingerprint density at radius 3 is 2.94 bits per heavy atom. The summed E-state index contributed by atoms with van der Waals surface area (Å²) in [6.45, 7) is 3.90. The van der Waals surface area contributed by atoms with E-state index in [1.807, 2.05) is 12.3 Å². The van der Waals surface area contributed by atoms with Crippen LogP contribution in [0.25, 0.3) is 0 Å². The average molecular weight is 224 g/mol. The Bertz CT molecular complexity index is 320. The Hall–Kier alpha value is -1.56. The minimum absolute atomic E-state index is 0.0181. The van der Waals surface area contributed by atoms with Crippen LogP contribution in [0, 0.1) is 0 Å². The van der Waals surface area contributed by atoms with Crippen molar-refractivity contribution in [2.24, 2.45) is 0 Å². The molecule has 0 aromatic carbocycles. The van der Waals surface area contributed by atoms with Gasteiger partial charge in [0, 0.05) is 32.0 Å². The van der Waals surface area contributed by atoms with Crippen LogP contribution in [0.4, 0.5) is 4.79 Å². The monoisotopic (exact) mass is 224 g/mol. The minimum Gasteiger partial charge on any atom is -0.378 e. The van der Waals surface area contributed by atoms with E-state index in [-0.39, 0.29) is 6.03 Å². The lowest BCUT2D eigenvalue weighted by Gasteiger charge is -2.26. The first kappa shape index (κ1) is 10.9. The molecule has 6 nitrogen and oxygen atoms in total. The van der Waals surface area contributed by atoms with Gasteiger partial charge in [0.1, 0.15) is 0 Å². The van der Waals surface area contributed by atoms with Crippen molar-refractivity contribution >= 4 is 6.03 Å². The van der Waals surface area contributed by atoms with Gasteiger partial charge in [0.25, 0.3) is 0 Å². The zero-order valence-electron chi connectivity index (χ0n) is 9.13. The summed E-state index contributed by atoms with van der Waals surface area (Å²) in [6.07, 6.45) is 3.60. The normalized spacial score (nSPS) is 16.1. The van der Waals surface area contributed by atoms with Gasteiger partial charge in [0.05, 0.1) is 19.8 Å². The van der Waals surface area contributed by atoms with Gasteiger partial charge in [-0.2, -0.15) is 5.10 Å². The van der Waals surface area contributed by atoms with Crippen molar-refractivity contribution in [3.8, 4) is 0 Å². The Morgan fingerprint density at radius 1 is 1.44 bits per heavy atom. The molecule has 16 heavy (non-hydrogen) atoms. The highest BCUT2D eigenvalue weighted by atomic mass is 16.5. The van der Waals surface area contributed by atoms with E-state index in [2.05, 4.69) is 10.4 Å². The number of ether oxygens (including phenoxy) is 1. The highest BCUT2D eigenvalue weighted by Gasteiger charge is 2.15. The van der Waals surface area contributed by atoms with Gasteiger partial charge >= 0.3 is 6.03 Å². The number of carbonyl (C=O) groups is 1. The second kappa shape index (κ2) is 5.50. The van der Waals surface area contributed by atoms with Gasteiger partial charge in [0.15, 0.2) is 0 Å². The SMILES string of the molecule is O=C(NCCn1cccn1)N1CCOCC1. The van der Waals surface area contributed by atoms with E-state index in [9.17, 15) is 4.79 Å². The zero-order chi connectivity index (χ0) is 11.2. The molecule has 0 radical (unpaired) electrons. The van der Waals surface area contributed by atoms with Crippen LogP contribution in [-0.4, -0.2) is 53.6 Å². The quantitative estimate of drug-likeness (QED) is 0.781. The van der Waals surface area contributed by atoms with Gasteiger partial charge in [0.2, 0.25) is 0 Å². The number of aromatic nitrogens is 2. The number of nitrogens with zero attached hydrogens (tertiary/aromatic N) is 3. The highest BCUT2D eigenvalue weighted by molar-refractivity contribution is 5.74. The standard InChI is InChI=1S/C10H16N4O2/c15-10(13-6-8-16-9-7-13)11-3-5-14-4-1-2-12-14/h1-2,4H,3,5-9H2,(H,11,15). The Labute approximate surface area is 94.2 Å². The third-order valence-electron chi connectivity index (χ3n) is 2.47. The fourth-order valence-electron chi connectivity index (χ4n) is 1.59. The topological polar surface area (TPSA) is 59.4 Å². The smallest absolute Gasteiger partial charge is 0.317 e. The first-order valence-electron chi connectivity index (χ1n) is 5.44. The molecule has 2 heterocycles. The Balaban J connectivity index is 1.67. The number of morpholine rings is 1. The molecular weight excluding hydrogens is 208 g/mol. The van der Waals surface area contributed by atoms with Crippen LogP contribution in [0.5, 0.6) is 0 Å². The van der Waals surface area contributed by atoms with E-state index in [4.69, 9.17) is 4.74 Å². The Kier molecular flexibility index (Phi) is 3.76. The van der Waals surface area contributed by atoms with E-state index in [0.29, 0.717) is 39.4 Å². The molecule has 1 aromatic heterocycles. The summed E-state index contributed by atoms with van der Waals surface area (Å²) < 4.78 is 6.97. The molecule has 88 valence electrons. The van der Waals surface area contributed by atoms with Crippen molar-refractivity contribution in [1.82, 2.24) is 20.0 Å². The molecule has 6 heteroatoms. The van der Waals surface area contributed by atoms with Crippen molar-refractivity contribution in [2.45, 2.75) is 6.54 Å². The lowest BCUT2D eigenvalue weighted by atomic mass is 10.4. The van der Waals surface area contributed by atoms with E-state index in [0.717, 1.165) is 0 Å². The fourth-order valence-corrected chi connectivity index (χ4v) is 1.59. The van der Waals surface area contributed by atoms with Gasteiger partial charge < -0.3 is 15.0 Å².